The van der Waals surface area contributed by atoms with Gasteiger partial charge in [-0.05, 0) is 6.26 Å². The third kappa shape index (κ3) is 3.34. The summed E-state index contributed by atoms with van der Waals surface area (Å²) < 4.78 is 8.95. The summed E-state index contributed by atoms with van der Waals surface area (Å²) in [4.78, 5) is 13.9. The highest BCUT2D eigenvalue weighted by molar-refractivity contribution is 8.12. The quantitative estimate of drug-likeness (QED) is 0.396. The minimum absolute atomic E-state index is 0.298. The normalized spacial score (nSPS) is 10.9. The van der Waals surface area contributed by atoms with Gasteiger partial charge in [0.05, 0.1) is 14.2 Å². The molecule has 0 aliphatic carbocycles. The zero-order chi connectivity index (χ0) is 7.98. The Morgan fingerprint density at radius 1 is 1.40 bits per heavy atom. The molecule has 0 aromatic rings. The van der Waals surface area contributed by atoms with Crippen LogP contribution in [0.2, 0.25) is 0 Å². The molecule has 58 valence electrons. The minimum Gasteiger partial charge on any atom is -0.476 e. The van der Waals surface area contributed by atoms with E-state index in [4.69, 9.17) is 0 Å². The summed E-state index contributed by atoms with van der Waals surface area (Å²) in [6.45, 7) is 0. The summed E-state index contributed by atoms with van der Waals surface area (Å²) in [5.74, 6) is 0. The molecule has 0 unspecified atom stereocenters. The lowest BCUT2D eigenvalue weighted by Gasteiger charge is -1.97. The summed E-state index contributed by atoms with van der Waals surface area (Å²) in [6, 6.07) is 0. The van der Waals surface area contributed by atoms with Gasteiger partial charge in [0.25, 0.3) is 5.23 Å². The molecule has 0 spiro atoms. The van der Waals surface area contributed by atoms with Crippen molar-refractivity contribution in [3.63, 3.8) is 0 Å². The highest BCUT2D eigenvalue weighted by Crippen LogP contribution is 1.99. The number of thioether (sulfide) groups is 1. The third-order valence-corrected chi connectivity index (χ3v) is 1.31. The molecule has 10 heavy (non-hydrogen) atoms. The summed E-state index contributed by atoms with van der Waals surface area (Å²) >= 11 is 1.24. The zero-order valence-electron chi connectivity index (χ0n) is 6.08. The van der Waals surface area contributed by atoms with Gasteiger partial charge >= 0.3 is 6.09 Å². The molecule has 5 heteroatoms. The molecule has 4 nitrogen and oxygen atoms in total. The standard InChI is InChI=1S/C5H9NO3S/c1-8-4(7)6-5(9-2)10-3/h1-3H3. The molecule has 0 aliphatic rings. The number of carbonyl (C=O) groups is 1. The first-order valence-electron chi connectivity index (χ1n) is 2.49. The van der Waals surface area contributed by atoms with E-state index in [1.54, 1.807) is 6.26 Å². The predicted molar refractivity (Wildman–Crippen MR) is 40.4 cm³/mol. The van der Waals surface area contributed by atoms with Crippen LogP contribution in [0.1, 0.15) is 0 Å². The van der Waals surface area contributed by atoms with Crippen LogP contribution in [0, 0.1) is 0 Å². The summed E-state index contributed by atoms with van der Waals surface area (Å²) in [5, 5.41) is 0.298. The molecule has 0 radical (unpaired) electrons. The van der Waals surface area contributed by atoms with Crippen molar-refractivity contribution in [2.45, 2.75) is 0 Å². The van der Waals surface area contributed by atoms with Gasteiger partial charge in [-0.25, -0.2) is 4.79 Å². The zero-order valence-corrected chi connectivity index (χ0v) is 6.90. The molecule has 0 N–H and O–H groups in total. The second-order valence-electron chi connectivity index (χ2n) is 1.26. The molecule has 0 aliphatic heterocycles. The van der Waals surface area contributed by atoms with Gasteiger partial charge < -0.3 is 9.47 Å². The Morgan fingerprint density at radius 3 is 2.30 bits per heavy atom. The molecule has 0 fully saturated rings. The Bertz CT molecular complexity index is 140. The fraction of sp³-hybridized carbons (Fsp3) is 0.600. The van der Waals surface area contributed by atoms with Gasteiger partial charge in [-0.15, -0.1) is 4.99 Å². The molecule has 0 bridgehead atoms. The SMILES string of the molecule is COC(=O)N=C(OC)SC. The number of hydrogen-bond acceptors (Lipinski definition) is 4. The van der Waals surface area contributed by atoms with Crippen LogP contribution >= 0.6 is 11.8 Å². The number of ether oxygens (including phenoxy) is 2. The van der Waals surface area contributed by atoms with Crippen LogP contribution in [-0.2, 0) is 9.47 Å². The number of aliphatic imine (C=N–C) groups is 1. The fourth-order valence-electron chi connectivity index (χ4n) is 0.295. The Labute approximate surface area is 63.6 Å². The second kappa shape index (κ2) is 5.10. The minimum atomic E-state index is -0.647. The van der Waals surface area contributed by atoms with Gasteiger partial charge in [-0.3, -0.25) is 0 Å². The lowest BCUT2D eigenvalue weighted by molar-refractivity contribution is 0.182. The monoisotopic (exact) mass is 163 g/mol. The molecule has 0 aromatic carbocycles. The molecule has 0 saturated heterocycles. The smallest absolute Gasteiger partial charge is 0.437 e. The van der Waals surface area contributed by atoms with Gasteiger partial charge in [0.15, 0.2) is 0 Å². The lowest BCUT2D eigenvalue weighted by Crippen LogP contribution is -2.01. The maximum Gasteiger partial charge on any atom is 0.437 e. The second-order valence-corrected chi connectivity index (χ2v) is 2.01. The van der Waals surface area contributed by atoms with Crippen molar-refractivity contribution in [1.29, 1.82) is 0 Å². The van der Waals surface area contributed by atoms with E-state index >= 15 is 0 Å². The highest BCUT2D eigenvalue weighted by Gasteiger charge is 1.99. The van der Waals surface area contributed by atoms with Crippen LogP contribution in [0.25, 0.3) is 0 Å². The molecular weight excluding hydrogens is 154 g/mol. The van der Waals surface area contributed by atoms with Crippen molar-refractivity contribution in [2.75, 3.05) is 20.5 Å². The van der Waals surface area contributed by atoms with E-state index in [1.165, 1.54) is 26.0 Å². The average molecular weight is 163 g/mol. The lowest BCUT2D eigenvalue weighted by atomic mass is 11.1. The van der Waals surface area contributed by atoms with E-state index in [2.05, 4.69) is 14.5 Å². The molecular formula is C5H9NO3S. The molecule has 0 rings (SSSR count). The molecule has 0 atom stereocenters. The molecule has 0 heterocycles. The highest BCUT2D eigenvalue weighted by atomic mass is 32.2. The number of amides is 1. The van der Waals surface area contributed by atoms with Crippen molar-refractivity contribution in [1.82, 2.24) is 0 Å². The van der Waals surface area contributed by atoms with Crippen molar-refractivity contribution >= 4 is 23.1 Å². The van der Waals surface area contributed by atoms with Gasteiger partial charge in [0.1, 0.15) is 0 Å². The van der Waals surface area contributed by atoms with Gasteiger partial charge in [0, 0.05) is 0 Å². The Kier molecular flexibility index (Phi) is 4.74. The number of carbonyl (C=O) groups excluding carboxylic acids is 1. The Balaban J connectivity index is 3.96. The maximum atomic E-state index is 10.4. The molecule has 1 amide bonds. The largest absolute Gasteiger partial charge is 0.476 e. The van der Waals surface area contributed by atoms with Crippen LogP contribution < -0.4 is 0 Å². The molecule has 0 aromatic heterocycles. The van der Waals surface area contributed by atoms with E-state index in [0.717, 1.165) is 0 Å². The number of hydrogen-bond donors (Lipinski definition) is 0. The van der Waals surface area contributed by atoms with Crippen LogP contribution in [0.15, 0.2) is 4.99 Å². The Morgan fingerprint density at radius 2 is 2.00 bits per heavy atom. The van der Waals surface area contributed by atoms with Crippen molar-refractivity contribution in [3.05, 3.63) is 0 Å². The summed E-state index contributed by atoms with van der Waals surface area (Å²) in [6.07, 6.45) is 1.11. The van der Waals surface area contributed by atoms with Crippen LogP contribution in [0.5, 0.6) is 0 Å². The Hall–Kier alpha value is -0.710. The first-order chi connectivity index (χ1) is 4.74. The van der Waals surface area contributed by atoms with Crippen LogP contribution in [0.3, 0.4) is 0 Å². The van der Waals surface area contributed by atoms with E-state index in [9.17, 15) is 4.79 Å². The topological polar surface area (TPSA) is 47.9 Å². The van der Waals surface area contributed by atoms with E-state index < -0.39 is 6.09 Å². The van der Waals surface area contributed by atoms with E-state index in [-0.39, 0.29) is 0 Å². The predicted octanol–water partition coefficient (Wildman–Crippen LogP) is 1.12. The van der Waals surface area contributed by atoms with E-state index in [1.807, 2.05) is 0 Å². The van der Waals surface area contributed by atoms with E-state index in [0.29, 0.717) is 5.23 Å². The fourth-order valence-corrected chi connectivity index (χ4v) is 0.627. The number of nitrogens with zero attached hydrogens (tertiary/aromatic N) is 1. The molecule has 0 saturated carbocycles. The van der Waals surface area contributed by atoms with Crippen molar-refractivity contribution in [2.24, 2.45) is 4.99 Å². The van der Waals surface area contributed by atoms with Gasteiger partial charge in [-0.1, -0.05) is 11.8 Å². The van der Waals surface area contributed by atoms with Gasteiger partial charge in [0.2, 0.25) is 0 Å². The average Bonchev–Trinajstić information content (AvgIpc) is 1.99. The first-order valence-corrected chi connectivity index (χ1v) is 3.71. The number of methoxy groups -OCH3 is 2. The van der Waals surface area contributed by atoms with Crippen LogP contribution in [-0.4, -0.2) is 31.8 Å². The first kappa shape index (κ1) is 9.29. The third-order valence-electron chi connectivity index (χ3n) is 0.706. The van der Waals surface area contributed by atoms with Gasteiger partial charge in [-0.2, -0.15) is 0 Å². The summed E-state index contributed by atoms with van der Waals surface area (Å²) in [5.41, 5.74) is 0. The number of rotatable bonds is 0. The van der Waals surface area contributed by atoms with Crippen molar-refractivity contribution < 1.29 is 14.3 Å². The summed E-state index contributed by atoms with van der Waals surface area (Å²) in [7, 11) is 2.71. The maximum absolute atomic E-state index is 10.4. The van der Waals surface area contributed by atoms with Crippen molar-refractivity contribution in [3.8, 4) is 0 Å². The van der Waals surface area contributed by atoms with Crippen LogP contribution in [0.4, 0.5) is 4.79 Å².